The van der Waals surface area contributed by atoms with Gasteiger partial charge in [-0.1, -0.05) is 6.07 Å². The van der Waals surface area contributed by atoms with Crippen molar-refractivity contribution in [3.05, 3.63) is 53.1 Å². The van der Waals surface area contributed by atoms with Gasteiger partial charge < -0.3 is 14.5 Å². The zero-order valence-electron chi connectivity index (χ0n) is 19.5. The van der Waals surface area contributed by atoms with Crippen LogP contribution in [-0.4, -0.2) is 50.3 Å². The summed E-state index contributed by atoms with van der Waals surface area (Å²) in [6, 6.07) is 10.1. The molecule has 2 aromatic carbocycles. The van der Waals surface area contributed by atoms with Crippen LogP contribution in [0.25, 0.3) is 0 Å². The molecule has 2 heterocycles. The maximum atomic E-state index is 13.5. The van der Waals surface area contributed by atoms with Crippen molar-refractivity contribution < 1.29 is 31.1 Å². The molecule has 2 fully saturated rings. The first kappa shape index (κ1) is 24.0. The molecule has 0 unspecified atom stereocenters. The third-order valence-corrected chi connectivity index (χ3v) is 8.42. The summed E-state index contributed by atoms with van der Waals surface area (Å²) in [7, 11) is -3.68. The number of piperidine rings is 1. The lowest BCUT2D eigenvalue weighted by Gasteiger charge is -2.29. The van der Waals surface area contributed by atoms with E-state index in [-0.39, 0.29) is 22.8 Å². The number of ether oxygens (including phenoxy) is 1. The van der Waals surface area contributed by atoms with Crippen LogP contribution in [0.15, 0.2) is 41.3 Å². The number of carbonyl (C=O) groups excluding carboxylic acids is 1. The molecule has 0 aromatic heterocycles. The largest absolute Gasteiger partial charge is 0.480 e. The second-order valence-corrected chi connectivity index (χ2v) is 11.8. The molecule has 10 heteroatoms. The monoisotopic (exact) mass is 508 g/mol. The molecule has 188 valence electrons. The summed E-state index contributed by atoms with van der Waals surface area (Å²) in [5.41, 5.74) is 2.89. The third kappa shape index (κ3) is 4.60. The van der Waals surface area contributed by atoms with Crippen molar-refractivity contribution in [2.24, 2.45) is 5.92 Å². The average molecular weight is 509 g/mol. The van der Waals surface area contributed by atoms with E-state index in [1.165, 1.54) is 24.2 Å². The number of anilines is 1. The van der Waals surface area contributed by atoms with Crippen LogP contribution in [-0.2, 0) is 22.9 Å². The highest BCUT2D eigenvalue weighted by molar-refractivity contribution is 7.90. The van der Waals surface area contributed by atoms with E-state index in [0.29, 0.717) is 12.6 Å². The average Bonchev–Trinajstić information content (AvgIpc) is 3.52. The van der Waals surface area contributed by atoms with Gasteiger partial charge in [-0.25, -0.2) is 8.42 Å². The molecule has 3 aliphatic rings. The molecule has 1 saturated carbocycles. The van der Waals surface area contributed by atoms with Crippen molar-refractivity contribution in [3.63, 3.8) is 0 Å². The zero-order chi connectivity index (χ0) is 25.1. The summed E-state index contributed by atoms with van der Waals surface area (Å²) >= 11 is 0. The van der Waals surface area contributed by atoms with E-state index in [9.17, 15) is 26.4 Å². The molecule has 2 bridgehead atoms. The first-order valence-electron chi connectivity index (χ1n) is 11.7. The summed E-state index contributed by atoms with van der Waals surface area (Å²) in [5, 5.41) is 0. The number of alkyl halides is 3. The lowest BCUT2D eigenvalue weighted by atomic mass is 10.1. The Balaban J connectivity index is 1.41. The molecule has 0 N–H and O–H groups in total. The lowest BCUT2D eigenvalue weighted by molar-refractivity contribution is -0.189. The minimum atomic E-state index is -4.63. The van der Waals surface area contributed by atoms with Gasteiger partial charge in [0, 0.05) is 37.6 Å². The van der Waals surface area contributed by atoms with Crippen molar-refractivity contribution in [1.29, 1.82) is 0 Å². The fraction of sp³-hybridized carbons (Fsp3) is 0.480. The van der Waals surface area contributed by atoms with Crippen molar-refractivity contribution in [2.75, 3.05) is 17.7 Å². The molecule has 0 spiro atoms. The molecule has 3 atom stereocenters. The van der Waals surface area contributed by atoms with Gasteiger partial charge in [0.15, 0.2) is 15.9 Å². The molecular formula is C25H27F3N2O4S. The fourth-order valence-corrected chi connectivity index (χ4v) is 6.03. The van der Waals surface area contributed by atoms with Gasteiger partial charge in [-0.05, 0) is 73.6 Å². The number of sulfone groups is 1. The van der Waals surface area contributed by atoms with Crippen LogP contribution in [0.4, 0.5) is 18.9 Å². The van der Waals surface area contributed by atoms with Crippen LogP contribution in [0.5, 0.6) is 5.75 Å². The van der Waals surface area contributed by atoms with Gasteiger partial charge in [-0.15, -0.1) is 0 Å². The predicted molar refractivity (Wildman–Crippen MR) is 124 cm³/mol. The Morgan fingerprint density at radius 3 is 2.46 bits per heavy atom. The van der Waals surface area contributed by atoms with Crippen LogP contribution in [0.1, 0.15) is 47.7 Å². The Kier molecular flexibility index (Phi) is 5.77. The molecule has 6 nitrogen and oxygen atoms in total. The SMILES string of the molecule is C[C@H](Oc1ccc(S(C)(=O)=O)cc1C(=O)N1Cc2ccc(N3C[C@@H]4CC[C@@H]3C4)cc2C1)C(F)(F)F. The second kappa shape index (κ2) is 8.43. The smallest absolute Gasteiger partial charge is 0.425 e. The van der Waals surface area contributed by atoms with Gasteiger partial charge in [0.25, 0.3) is 5.91 Å². The number of hydrogen-bond acceptors (Lipinski definition) is 5. The van der Waals surface area contributed by atoms with Crippen molar-refractivity contribution in [1.82, 2.24) is 4.90 Å². The normalized spacial score (nSPS) is 22.4. The Morgan fingerprint density at radius 2 is 1.83 bits per heavy atom. The Morgan fingerprint density at radius 1 is 1.09 bits per heavy atom. The highest BCUT2D eigenvalue weighted by Crippen LogP contribution is 2.41. The predicted octanol–water partition coefficient (Wildman–Crippen LogP) is 4.56. The number of amides is 1. The van der Waals surface area contributed by atoms with Crippen molar-refractivity contribution in [2.45, 2.75) is 62.5 Å². The number of nitrogens with zero attached hydrogens (tertiary/aromatic N) is 2. The molecule has 2 aliphatic heterocycles. The van der Waals surface area contributed by atoms with Gasteiger partial charge >= 0.3 is 6.18 Å². The minimum Gasteiger partial charge on any atom is -0.480 e. The summed E-state index contributed by atoms with van der Waals surface area (Å²) in [6.07, 6.45) is -2.12. The van der Waals surface area contributed by atoms with E-state index in [2.05, 4.69) is 17.0 Å². The fourth-order valence-electron chi connectivity index (χ4n) is 5.38. The Bertz CT molecular complexity index is 1280. The quantitative estimate of drug-likeness (QED) is 0.592. The number of carbonyl (C=O) groups is 1. The summed E-state index contributed by atoms with van der Waals surface area (Å²) in [5.74, 6) is -0.124. The molecule has 1 aliphatic carbocycles. The lowest BCUT2D eigenvalue weighted by Crippen LogP contribution is -2.32. The summed E-state index contributed by atoms with van der Waals surface area (Å²) < 4.78 is 68.6. The molecule has 35 heavy (non-hydrogen) atoms. The van der Waals surface area contributed by atoms with Crippen molar-refractivity contribution in [3.8, 4) is 5.75 Å². The van der Waals surface area contributed by atoms with Crippen LogP contribution in [0, 0.1) is 5.92 Å². The highest BCUT2D eigenvalue weighted by atomic mass is 32.2. The first-order chi connectivity index (χ1) is 16.4. The van der Waals surface area contributed by atoms with Crippen LogP contribution in [0.2, 0.25) is 0 Å². The maximum absolute atomic E-state index is 13.5. The van der Waals surface area contributed by atoms with E-state index in [4.69, 9.17) is 4.74 Å². The van der Waals surface area contributed by atoms with Gasteiger partial charge in [0.1, 0.15) is 5.75 Å². The molecule has 5 rings (SSSR count). The van der Waals surface area contributed by atoms with E-state index in [1.807, 2.05) is 6.07 Å². The minimum absolute atomic E-state index is 0.157. The van der Waals surface area contributed by atoms with Gasteiger partial charge in [-0.2, -0.15) is 13.2 Å². The van der Waals surface area contributed by atoms with E-state index < -0.39 is 28.0 Å². The number of benzene rings is 2. The van der Waals surface area contributed by atoms with Crippen LogP contribution < -0.4 is 9.64 Å². The third-order valence-electron chi connectivity index (χ3n) is 7.31. The van der Waals surface area contributed by atoms with Crippen molar-refractivity contribution >= 4 is 21.4 Å². The van der Waals surface area contributed by atoms with Crippen LogP contribution in [0.3, 0.4) is 0 Å². The molecule has 1 saturated heterocycles. The van der Waals surface area contributed by atoms with E-state index >= 15 is 0 Å². The van der Waals surface area contributed by atoms with Gasteiger partial charge in [-0.3, -0.25) is 4.79 Å². The summed E-state index contributed by atoms with van der Waals surface area (Å²) in [4.78, 5) is 17.2. The molecule has 1 amide bonds. The zero-order valence-corrected chi connectivity index (χ0v) is 20.3. The molecule has 0 radical (unpaired) electrons. The first-order valence-corrected chi connectivity index (χ1v) is 13.5. The Hall–Kier alpha value is -2.75. The molecule has 2 aromatic rings. The van der Waals surface area contributed by atoms with Gasteiger partial charge in [0.2, 0.25) is 0 Å². The Labute approximate surface area is 202 Å². The number of fused-ring (bicyclic) bond motifs is 3. The van der Waals surface area contributed by atoms with Crippen LogP contribution >= 0.6 is 0 Å². The standard InChI is InChI=1S/C25H27F3N2O4S/c1-15(25(26,27)28)34-23-8-7-21(35(2,32)33)11-22(23)24(31)29-13-17-4-6-20(10-18(17)14-29)30-12-16-3-5-19(30)9-16/h4,6-8,10-11,15-16,19H,3,5,9,12-14H2,1-2H3/t15-,16+,19+/m0/s1. The van der Waals surface area contributed by atoms with E-state index in [0.717, 1.165) is 60.7 Å². The summed E-state index contributed by atoms with van der Waals surface area (Å²) in [6.45, 7) is 2.47. The highest BCUT2D eigenvalue weighted by Gasteiger charge is 2.40. The number of hydrogen-bond donors (Lipinski definition) is 0. The maximum Gasteiger partial charge on any atom is 0.425 e. The van der Waals surface area contributed by atoms with Gasteiger partial charge in [0.05, 0.1) is 10.5 Å². The molecular weight excluding hydrogens is 481 g/mol. The van der Waals surface area contributed by atoms with E-state index in [1.54, 1.807) is 0 Å². The number of rotatable bonds is 5. The topological polar surface area (TPSA) is 66.9 Å². The number of halogens is 3. The second-order valence-electron chi connectivity index (χ2n) is 9.83.